The van der Waals surface area contributed by atoms with E-state index < -0.39 is 0 Å². The average molecular weight is 229 g/mol. The quantitative estimate of drug-likeness (QED) is 0.725. The van der Waals surface area contributed by atoms with E-state index in [0.717, 1.165) is 5.56 Å². The lowest BCUT2D eigenvalue weighted by Crippen LogP contribution is -2.51. The molecule has 0 bridgehead atoms. The minimum Gasteiger partial charge on any atom is -0.300 e. The molecule has 2 amide bonds. The van der Waals surface area contributed by atoms with Crippen LogP contribution in [0, 0.1) is 11.3 Å². The first-order valence-electron chi connectivity index (χ1n) is 5.23. The molecule has 0 spiro atoms. The first-order valence-corrected chi connectivity index (χ1v) is 5.23. The van der Waals surface area contributed by atoms with E-state index in [2.05, 4.69) is 5.32 Å². The standard InChI is InChI=1S/C12H11N3O2/c13-5-9-1-3-10(4-2-9)8-15-11(16)6-14-7-12(15)17/h1-4,14H,6-8H2. The number of nitrogens with one attached hydrogen (secondary N) is 1. The van der Waals surface area contributed by atoms with Crippen LogP contribution in [-0.4, -0.2) is 29.8 Å². The molecule has 1 heterocycles. The number of benzene rings is 1. The van der Waals surface area contributed by atoms with E-state index in [1.807, 2.05) is 6.07 Å². The molecule has 5 heteroatoms. The Labute approximate surface area is 98.6 Å². The van der Waals surface area contributed by atoms with E-state index in [4.69, 9.17) is 5.26 Å². The molecule has 0 aromatic heterocycles. The van der Waals surface area contributed by atoms with Gasteiger partial charge >= 0.3 is 0 Å². The van der Waals surface area contributed by atoms with Gasteiger partial charge in [-0.1, -0.05) is 12.1 Å². The first kappa shape index (κ1) is 11.3. The molecule has 0 aliphatic carbocycles. The van der Waals surface area contributed by atoms with Crippen LogP contribution in [0.1, 0.15) is 11.1 Å². The van der Waals surface area contributed by atoms with Gasteiger partial charge in [0.2, 0.25) is 11.8 Å². The Morgan fingerprint density at radius 2 is 1.76 bits per heavy atom. The zero-order valence-electron chi connectivity index (χ0n) is 9.14. The number of nitrogens with zero attached hydrogens (tertiary/aromatic N) is 2. The van der Waals surface area contributed by atoms with Crippen LogP contribution < -0.4 is 5.32 Å². The van der Waals surface area contributed by atoms with Crippen molar-refractivity contribution in [1.82, 2.24) is 10.2 Å². The largest absolute Gasteiger partial charge is 0.300 e. The van der Waals surface area contributed by atoms with Gasteiger partial charge in [0.05, 0.1) is 31.3 Å². The maximum atomic E-state index is 11.5. The Morgan fingerprint density at radius 1 is 1.18 bits per heavy atom. The number of hydrogen-bond acceptors (Lipinski definition) is 4. The summed E-state index contributed by atoms with van der Waals surface area (Å²) in [4.78, 5) is 24.3. The number of carbonyl (C=O) groups excluding carboxylic acids is 2. The fourth-order valence-corrected chi connectivity index (χ4v) is 1.65. The van der Waals surface area contributed by atoms with Gasteiger partial charge in [-0.2, -0.15) is 5.26 Å². The highest BCUT2D eigenvalue weighted by molar-refractivity contribution is 5.99. The van der Waals surface area contributed by atoms with Gasteiger partial charge in [-0.3, -0.25) is 19.8 Å². The van der Waals surface area contributed by atoms with Gasteiger partial charge in [0, 0.05) is 0 Å². The summed E-state index contributed by atoms with van der Waals surface area (Å²) in [6.45, 7) is 0.662. The third-order valence-corrected chi connectivity index (χ3v) is 2.58. The van der Waals surface area contributed by atoms with Crippen LogP contribution in [-0.2, 0) is 16.1 Å². The number of imide groups is 1. The smallest absolute Gasteiger partial charge is 0.243 e. The summed E-state index contributed by atoms with van der Waals surface area (Å²) in [6, 6.07) is 8.87. The minimum absolute atomic E-state index is 0.196. The van der Waals surface area contributed by atoms with E-state index in [1.165, 1.54) is 4.90 Å². The van der Waals surface area contributed by atoms with Crippen molar-refractivity contribution < 1.29 is 9.59 Å². The number of rotatable bonds is 2. The van der Waals surface area contributed by atoms with Gasteiger partial charge in [-0.25, -0.2) is 0 Å². The molecule has 0 unspecified atom stereocenters. The van der Waals surface area contributed by atoms with Gasteiger partial charge in [0.15, 0.2) is 0 Å². The summed E-state index contributed by atoms with van der Waals surface area (Å²) < 4.78 is 0. The van der Waals surface area contributed by atoms with E-state index in [0.29, 0.717) is 5.56 Å². The molecule has 1 fully saturated rings. The van der Waals surface area contributed by atoms with Gasteiger partial charge in [0.1, 0.15) is 0 Å². The summed E-state index contributed by atoms with van der Waals surface area (Å²) in [5, 5.41) is 11.4. The van der Waals surface area contributed by atoms with Gasteiger partial charge in [0.25, 0.3) is 0 Å². The van der Waals surface area contributed by atoms with Crippen LogP contribution in [0.5, 0.6) is 0 Å². The zero-order chi connectivity index (χ0) is 12.3. The molecule has 1 aromatic carbocycles. The van der Waals surface area contributed by atoms with Crippen LogP contribution in [0.4, 0.5) is 0 Å². The van der Waals surface area contributed by atoms with Gasteiger partial charge < -0.3 is 0 Å². The van der Waals surface area contributed by atoms with Gasteiger partial charge in [-0.05, 0) is 17.7 Å². The highest BCUT2D eigenvalue weighted by atomic mass is 16.2. The predicted molar refractivity (Wildman–Crippen MR) is 59.6 cm³/mol. The second-order valence-electron chi connectivity index (χ2n) is 3.79. The molecule has 1 aromatic rings. The monoisotopic (exact) mass is 229 g/mol. The summed E-state index contributed by atoms with van der Waals surface area (Å²) in [5.74, 6) is -0.434. The second kappa shape index (κ2) is 4.76. The molecule has 1 aliphatic rings. The number of amides is 2. The van der Waals surface area contributed by atoms with Crippen molar-refractivity contribution in [2.45, 2.75) is 6.54 Å². The molecule has 0 radical (unpaired) electrons. The Hall–Kier alpha value is -2.19. The Bertz CT molecular complexity index is 471. The second-order valence-corrected chi connectivity index (χ2v) is 3.79. The summed E-state index contributed by atoms with van der Waals surface area (Å²) in [7, 11) is 0. The lowest BCUT2D eigenvalue weighted by atomic mass is 10.1. The topological polar surface area (TPSA) is 73.2 Å². The molecule has 17 heavy (non-hydrogen) atoms. The van der Waals surface area contributed by atoms with Crippen molar-refractivity contribution in [2.75, 3.05) is 13.1 Å². The van der Waals surface area contributed by atoms with Crippen molar-refractivity contribution >= 4 is 11.8 Å². The maximum absolute atomic E-state index is 11.5. The third-order valence-electron chi connectivity index (χ3n) is 2.58. The van der Waals surface area contributed by atoms with E-state index >= 15 is 0 Å². The number of hydrogen-bond donors (Lipinski definition) is 1. The van der Waals surface area contributed by atoms with Crippen LogP contribution in [0.2, 0.25) is 0 Å². The average Bonchev–Trinajstić information content (AvgIpc) is 2.35. The summed E-state index contributed by atoms with van der Waals surface area (Å²) in [5.41, 5.74) is 1.40. The predicted octanol–water partition coefficient (Wildman–Crippen LogP) is 0.0167. The van der Waals surface area contributed by atoms with Crippen molar-refractivity contribution in [2.24, 2.45) is 0 Å². The summed E-state index contributed by atoms with van der Waals surface area (Å²) in [6.07, 6.45) is 0. The van der Waals surface area contributed by atoms with Crippen LogP contribution in [0.15, 0.2) is 24.3 Å². The fraction of sp³-hybridized carbons (Fsp3) is 0.250. The SMILES string of the molecule is N#Cc1ccc(CN2C(=O)CNCC2=O)cc1. The fourth-order valence-electron chi connectivity index (χ4n) is 1.65. The van der Waals surface area contributed by atoms with E-state index in [-0.39, 0.29) is 31.4 Å². The van der Waals surface area contributed by atoms with E-state index in [9.17, 15) is 9.59 Å². The molecule has 1 N–H and O–H groups in total. The highest BCUT2D eigenvalue weighted by Gasteiger charge is 2.25. The lowest BCUT2D eigenvalue weighted by Gasteiger charge is -2.25. The molecule has 0 saturated carbocycles. The molecular weight excluding hydrogens is 218 g/mol. The Balaban J connectivity index is 2.11. The lowest BCUT2D eigenvalue weighted by molar-refractivity contribution is -0.147. The minimum atomic E-state index is -0.217. The molecule has 1 saturated heterocycles. The normalized spacial score (nSPS) is 15.8. The molecule has 1 aliphatic heterocycles. The van der Waals surface area contributed by atoms with Crippen molar-refractivity contribution in [3.05, 3.63) is 35.4 Å². The number of carbonyl (C=O) groups is 2. The molecule has 0 atom stereocenters. The van der Waals surface area contributed by atoms with Crippen molar-refractivity contribution in [3.63, 3.8) is 0 Å². The number of nitriles is 1. The van der Waals surface area contributed by atoms with Crippen molar-refractivity contribution in [3.8, 4) is 6.07 Å². The molecule has 2 rings (SSSR count). The number of piperazine rings is 1. The molecule has 5 nitrogen and oxygen atoms in total. The zero-order valence-corrected chi connectivity index (χ0v) is 9.14. The van der Waals surface area contributed by atoms with Crippen LogP contribution in [0.25, 0.3) is 0 Å². The van der Waals surface area contributed by atoms with Crippen LogP contribution in [0.3, 0.4) is 0 Å². The maximum Gasteiger partial charge on any atom is 0.243 e. The Morgan fingerprint density at radius 3 is 2.29 bits per heavy atom. The Kier molecular flexibility index (Phi) is 3.17. The van der Waals surface area contributed by atoms with Gasteiger partial charge in [-0.15, -0.1) is 0 Å². The highest BCUT2D eigenvalue weighted by Crippen LogP contribution is 2.08. The third kappa shape index (κ3) is 2.49. The van der Waals surface area contributed by atoms with E-state index in [1.54, 1.807) is 24.3 Å². The molecular formula is C12H11N3O2. The van der Waals surface area contributed by atoms with Crippen LogP contribution >= 0.6 is 0 Å². The first-order chi connectivity index (χ1) is 8.20. The summed E-state index contributed by atoms with van der Waals surface area (Å²) >= 11 is 0. The van der Waals surface area contributed by atoms with Crippen molar-refractivity contribution in [1.29, 1.82) is 5.26 Å². The molecule has 86 valence electrons.